The minimum atomic E-state index is 0.514. The molecule has 3 rings (SSSR count). The van der Waals surface area contributed by atoms with E-state index in [0.29, 0.717) is 5.92 Å². The number of hydrogen-bond donors (Lipinski definition) is 2. The lowest BCUT2D eigenvalue weighted by Gasteiger charge is -2.20. The Morgan fingerprint density at radius 1 is 1.22 bits per heavy atom. The van der Waals surface area contributed by atoms with Gasteiger partial charge in [0, 0.05) is 17.5 Å². The summed E-state index contributed by atoms with van der Waals surface area (Å²) >= 11 is 5.89. The van der Waals surface area contributed by atoms with Crippen LogP contribution in [0.25, 0.3) is 11.3 Å². The van der Waals surface area contributed by atoms with Crippen LogP contribution in [-0.2, 0) is 0 Å². The van der Waals surface area contributed by atoms with Crippen molar-refractivity contribution >= 4 is 11.6 Å². The van der Waals surface area contributed by atoms with Gasteiger partial charge in [-0.2, -0.15) is 0 Å². The number of H-pyrrole nitrogens is 1. The lowest BCUT2D eigenvalue weighted by Crippen LogP contribution is -2.28. The van der Waals surface area contributed by atoms with E-state index >= 15 is 0 Å². The molecule has 1 atom stereocenters. The van der Waals surface area contributed by atoms with Gasteiger partial charge in [-0.15, -0.1) is 0 Å². The average molecular weight is 262 g/mol. The van der Waals surface area contributed by atoms with E-state index in [0.717, 1.165) is 35.2 Å². The summed E-state index contributed by atoms with van der Waals surface area (Å²) in [4.78, 5) is 7.93. The Bertz CT molecular complexity index is 512. The summed E-state index contributed by atoms with van der Waals surface area (Å²) in [6.45, 7) is 2.15. The third-order valence-corrected chi connectivity index (χ3v) is 3.69. The molecule has 1 aromatic carbocycles. The van der Waals surface area contributed by atoms with E-state index in [1.807, 2.05) is 30.5 Å². The molecule has 0 amide bonds. The number of piperidine rings is 1. The van der Waals surface area contributed by atoms with E-state index in [-0.39, 0.29) is 0 Å². The van der Waals surface area contributed by atoms with Gasteiger partial charge in [0.05, 0.1) is 11.9 Å². The summed E-state index contributed by atoms with van der Waals surface area (Å²) in [6, 6.07) is 7.83. The van der Waals surface area contributed by atoms with Crippen molar-refractivity contribution in [2.45, 2.75) is 18.8 Å². The van der Waals surface area contributed by atoms with Gasteiger partial charge in [-0.25, -0.2) is 4.98 Å². The van der Waals surface area contributed by atoms with E-state index < -0.39 is 0 Å². The van der Waals surface area contributed by atoms with Gasteiger partial charge in [0.2, 0.25) is 0 Å². The van der Waals surface area contributed by atoms with Crippen molar-refractivity contribution < 1.29 is 0 Å². The van der Waals surface area contributed by atoms with Crippen LogP contribution >= 0.6 is 11.6 Å². The maximum Gasteiger partial charge on any atom is 0.110 e. The fraction of sp³-hybridized carbons (Fsp3) is 0.357. The van der Waals surface area contributed by atoms with Crippen molar-refractivity contribution in [3.05, 3.63) is 41.3 Å². The van der Waals surface area contributed by atoms with Gasteiger partial charge >= 0.3 is 0 Å². The molecule has 2 heterocycles. The molecule has 0 radical (unpaired) electrons. The fourth-order valence-corrected chi connectivity index (χ4v) is 2.53. The SMILES string of the molecule is Clc1ccc(-c2cnc(C3CCCNC3)[nH]2)cc1. The molecule has 3 nitrogen and oxygen atoms in total. The van der Waals surface area contributed by atoms with Gasteiger partial charge in [-0.3, -0.25) is 0 Å². The van der Waals surface area contributed by atoms with Gasteiger partial charge in [0.25, 0.3) is 0 Å². The molecule has 1 aliphatic rings. The predicted octanol–water partition coefficient (Wildman–Crippen LogP) is 3.20. The number of halogens is 1. The second kappa shape index (κ2) is 5.12. The van der Waals surface area contributed by atoms with Crippen LogP contribution < -0.4 is 5.32 Å². The number of hydrogen-bond acceptors (Lipinski definition) is 2. The van der Waals surface area contributed by atoms with Crippen molar-refractivity contribution in [1.82, 2.24) is 15.3 Å². The number of imidazole rings is 1. The van der Waals surface area contributed by atoms with Crippen LogP contribution in [0.2, 0.25) is 5.02 Å². The van der Waals surface area contributed by atoms with Crippen LogP contribution in [0.5, 0.6) is 0 Å². The van der Waals surface area contributed by atoms with Gasteiger partial charge < -0.3 is 10.3 Å². The maximum atomic E-state index is 5.89. The van der Waals surface area contributed by atoms with E-state index in [4.69, 9.17) is 11.6 Å². The zero-order chi connectivity index (χ0) is 12.4. The number of aromatic amines is 1. The van der Waals surface area contributed by atoms with Crippen LogP contribution in [0.15, 0.2) is 30.5 Å². The Hall–Kier alpha value is -1.32. The largest absolute Gasteiger partial charge is 0.342 e. The molecule has 2 aromatic rings. The van der Waals surface area contributed by atoms with Crippen molar-refractivity contribution in [3.8, 4) is 11.3 Å². The molecule has 4 heteroatoms. The Morgan fingerprint density at radius 3 is 2.78 bits per heavy atom. The lowest BCUT2D eigenvalue weighted by atomic mass is 9.99. The second-order valence-electron chi connectivity index (χ2n) is 4.73. The summed E-state index contributed by atoms with van der Waals surface area (Å²) in [5, 5.41) is 4.17. The summed E-state index contributed by atoms with van der Waals surface area (Å²) in [5.41, 5.74) is 2.19. The third-order valence-electron chi connectivity index (χ3n) is 3.43. The van der Waals surface area contributed by atoms with Gasteiger partial charge in [-0.1, -0.05) is 23.7 Å². The number of nitrogens with one attached hydrogen (secondary N) is 2. The molecule has 1 unspecified atom stereocenters. The highest BCUT2D eigenvalue weighted by molar-refractivity contribution is 6.30. The Labute approximate surface area is 112 Å². The van der Waals surface area contributed by atoms with Crippen LogP contribution in [0.3, 0.4) is 0 Å². The Morgan fingerprint density at radius 2 is 2.06 bits per heavy atom. The number of aromatic nitrogens is 2. The van der Waals surface area contributed by atoms with Gasteiger partial charge in [0.15, 0.2) is 0 Å². The van der Waals surface area contributed by atoms with Gasteiger partial charge in [-0.05, 0) is 37.1 Å². The molecule has 0 saturated carbocycles. The standard InChI is InChI=1S/C14H16ClN3/c15-12-5-3-10(4-6-12)13-9-17-14(18-13)11-2-1-7-16-8-11/h3-6,9,11,16H,1-2,7-8H2,(H,17,18). The van der Waals surface area contributed by atoms with E-state index in [9.17, 15) is 0 Å². The van der Waals surface area contributed by atoms with Gasteiger partial charge in [0.1, 0.15) is 5.82 Å². The molecule has 18 heavy (non-hydrogen) atoms. The number of rotatable bonds is 2. The summed E-state index contributed by atoms with van der Waals surface area (Å²) < 4.78 is 0. The summed E-state index contributed by atoms with van der Waals surface area (Å²) in [7, 11) is 0. The van der Waals surface area contributed by atoms with Crippen molar-refractivity contribution in [3.63, 3.8) is 0 Å². The molecular weight excluding hydrogens is 246 g/mol. The van der Waals surface area contributed by atoms with Crippen LogP contribution in [-0.4, -0.2) is 23.1 Å². The first-order chi connectivity index (χ1) is 8.83. The van der Waals surface area contributed by atoms with Crippen LogP contribution in [0.1, 0.15) is 24.6 Å². The van der Waals surface area contributed by atoms with Crippen molar-refractivity contribution in [2.24, 2.45) is 0 Å². The summed E-state index contributed by atoms with van der Waals surface area (Å²) in [6.07, 6.45) is 4.34. The highest BCUT2D eigenvalue weighted by atomic mass is 35.5. The molecule has 0 bridgehead atoms. The monoisotopic (exact) mass is 261 g/mol. The first-order valence-corrected chi connectivity index (χ1v) is 6.72. The van der Waals surface area contributed by atoms with E-state index in [1.54, 1.807) is 0 Å². The average Bonchev–Trinajstić information content (AvgIpc) is 2.90. The third kappa shape index (κ3) is 2.42. The molecular formula is C14H16ClN3. The van der Waals surface area contributed by atoms with Crippen molar-refractivity contribution in [2.75, 3.05) is 13.1 Å². The molecule has 1 fully saturated rings. The fourth-order valence-electron chi connectivity index (χ4n) is 2.41. The Balaban J connectivity index is 1.82. The Kier molecular flexibility index (Phi) is 3.35. The summed E-state index contributed by atoms with van der Waals surface area (Å²) in [5.74, 6) is 1.60. The number of benzene rings is 1. The highest BCUT2D eigenvalue weighted by Gasteiger charge is 2.18. The van der Waals surface area contributed by atoms with E-state index in [1.165, 1.54) is 12.8 Å². The zero-order valence-corrected chi connectivity index (χ0v) is 10.9. The topological polar surface area (TPSA) is 40.7 Å². The van der Waals surface area contributed by atoms with Crippen molar-refractivity contribution in [1.29, 1.82) is 0 Å². The lowest BCUT2D eigenvalue weighted by molar-refractivity contribution is 0.449. The molecule has 2 N–H and O–H groups in total. The quantitative estimate of drug-likeness (QED) is 0.872. The zero-order valence-electron chi connectivity index (χ0n) is 10.1. The normalized spacial score (nSPS) is 19.9. The first-order valence-electron chi connectivity index (χ1n) is 6.34. The number of nitrogens with zero attached hydrogens (tertiary/aromatic N) is 1. The first kappa shape index (κ1) is 11.8. The minimum Gasteiger partial charge on any atom is -0.342 e. The second-order valence-corrected chi connectivity index (χ2v) is 5.17. The molecule has 94 valence electrons. The highest BCUT2D eigenvalue weighted by Crippen LogP contribution is 2.24. The molecule has 0 spiro atoms. The molecule has 0 aliphatic carbocycles. The van der Waals surface area contributed by atoms with Crippen LogP contribution in [0.4, 0.5) is 0 Å². The smallest absolute Gasteiger partial charge is 0.110 e. The molecule has 1 aromatic heterocycles. The predicted molar refractivity (Wildman–Crippen MR) is 73.9 cm³/mol. The minimum absolute atomic E-state index is 0.514. The van der Waals surface area contributed by atoms with Crippen LogP contribution in [0, 0.1) is 0 Å². The molecule has 1 aliphatic heterocycles. The molecule has 1 saturated heterocycles. The van der Waals surface area contributed by atoms with E-state index in [2.05, 4.69) is 15.3 Å². The maximum absolute atomic E-state index is 5.89.